The number of carbonyl (C=O) groups excluding carboxylic acids is 1. The van der Waals surface area contributed by atoms with Crippen LogP contribution in [0.25, 0.3) is 10.9 Å². The largest absolute Gasteiger partial charge is 0.494 e. The second-order valence-electron chi connectivity index (χ2n) is 9.33. The van der Waals surface area contributed by atoms with Crippen LogP contribution in [-0.2, 0) is 27.7 Å². The molecule has 0 unspecified atom stereocenters. The Morgan fingerprint density at radius 2 is 1.70 bits per heavy atom. The minimum absolute atomic E-state index is 0.0328. The summed E-state index contributed by atoms with van der Waals surface area (Å²) in [5, 5.41) is 2.73. The Labute approximate surface area is 216 Å². The second-order valence-corrected chi connectivity index (χ2v) is 11.7. The molecule has 1 fully saturated rings. The molecular weight excluding hydrogens is 494 g/mol. The van der Waals surface area contributed by atoms with Gasteiger partial charge in [0.25, 0.3) is 5.56 Å². The van der Waals surface area contributed by atoms with Crippen molar-refractivity contribution in [2.24, 2.45) is 0 Å². The molecule has 1 saturated carbocycles. The zero-order valence-electron chi connectivity index (χ0n) is 21.0. The van der Waals surface area contributed by atoms with Crippen LogP contribution in [0.3, 0.4) is 0 Å². The molecule has 0 spiro atoms. The highest BCUT2D eigenvalue weighted by Crippen LogP contribution is 2.24. The lowest BCUT2D eigenvalue weighted by atomic mass is 10.0. The minimum atomic E-state index is -3.29. The van der Waals surface area contributed by atoms with Crippen LogP contribution < -0.4 is 21.3 Å². The molecule has 0 atom stereocenters. The minimum Gasteiger partial charge on any atom is -0.494 e. The monoisotopic (exact) mass is 527 g/mol. The molecule has 0 aliphatic heterocycles. The first-order valence-corrected chi connectivity index (χ1v) is 14.5. The van der Waals surface area contributed by atoms with Crippen molar-refractivity contribution in [1.29, 1.82) is 0 Å². The van der Waals surface area contributed by atoms with E-state index in [4.69, 9.17) is 4.74 Å². The summed E-state index contributed by atoms with van der Waals surface area (Å²) in [5.41, 5.74) is -0.225. The number of nitrogens with one attached hydrogen (secondary N) is 1. The fourth-order valence-electron chi connectivity index (χ4n) is 4.88. The summed E-state index contributed by atoms with van der Waals surface area (Å²) in [6.45, 7) is 2.08. The van der Waals surface area contributed by atoms with E-state index in [-0.39, 0.29) is 30.5 Å². The van der Waals surface area contributed by atoms with Crippen molar-refractivity contribution in [2.75, 3.05) is 17.7 Å². The van der Waals surface area contributed by atoms with Crippen LogP contribution in [0.5, 0.6) is 5.75 Å². The maximum Gasteiger partial charge on any atom is 0.331 e. The van der Waals surface area contributed by atoms with Gasteiger partial charge in [-0.15, -0.1) is 0 Å². The number of aromatic nitrogens is 2. The van der Waals surface area contributed by atoms with Crippen LogP contribution in [0.4, 0.5) is 5.69 Å². The van der Waals surface area contributed by atoms with Gasteiger partial charge >= 0.3 is 5.69 Å². The van der Waals surface area contributed by atoms with E-state index < -0.39 is 27.0 Å². The summed E-state index contributed by atoms with van der Waals surface area (Å²) in [6, 6.07) is 13.5. The van der Waals surface area contributed by atoms with Crippen molar-refractivity contribution in [2.45, 2.75) is 63.8 Å². The molecule has 198 valence electrons. The summed E-state index contributed by atoms with van der Waals surface area (Å²) in [5.74, 6) is 0.177. The highest BCUT2D eigenvalue weighted by molar-refractivity contribution is 7.92. The quantitative estimate of drug-likeness (QED) is 0.432. The van der Waals surface area contributed by atoms with Gasteiger partial charge in [-0.2, -0.15) is 0 Å². The van der Waals surface area contributed by atoms with Gasteiger partial charge in [0.05, 0.1) is 28.5 Å². The lowest BCUT2D eigenvalue weighted by Crippen LogP contribution is -2.42. The van der Waals surface area contributed by atoms with Gasteiger partial charge < -0.3 is 10.1 Å². The van der Waals surface area contributed by atoms with Crippen LogP contribution >= 0.6 is 0 Å². The Balaban J connectivity index is 1.54. The van der Waals surface area contributed by atoms with Crippen molar-refractivity contribution >= 4 is 32.3 Å². The third kappa shape index (κ3) is 6.30. The second kappa shape index (κ2) is 11.8. The number of carbonyl (C=O) groups is 1. The van der Waals surface area contributed by atoms with Crippen molar-refractivity contribution in [3.63, 3.8) is 0 Å². The van der Waals surface area contributed by atoms with E-state index in [2.05, 4.69) is 5.32 Å². The van der Waals surface area contributed by atoms with E-state index in [9.17, 15) is 22.8 Å². The first kappa shape index (κ1) is 26.7. The van der Waals surface area contributed by atoms with E-state index in [1.165, 1.54) is 4.57 Å². The standard InChI is InChI=1S/C27H33N3O6S/c1-2-36-21-15-13-20(14-16-21)28-25(31)19-30-24-12-7-6-11-23(24)26(32)29(27(30)33)17-8-18-37(34,35)22-9-4-3-5-10-22/h6-7,11-16,22H,2-5,8-10,17-19H2,1H3,(H,28,31). The van der Waals surface area contributed by atoms with Crippen LogP contribution in [-0.4, -0.2) is 41.1 Å². The normalized spacial score (nSPS) is 14.5. The summed E-state index contributed by atoms with van der Waals surface area (Å²) in [7, 11) is -3.29. The van der Waals surface area contributed by atoms with E-state index in [0.29, 0.717) is 41.8 Å². The number of fused-ring (bicyclic) bond motifs is 1. The Hall–Kier alpha value is -3.40. The molecular formula is C27H33N3O6S. The van der Waals surface area contributed by atoms with Crippen molar-refractivity contribution in [3.05, 3.63) is 69.4 Å². The molecule has 1 amide bonds. The van der Waals surface area contributed by atoms with Crippen LogP contribution in [0, 0.1) is 0 Å². The molecule has 4 rings (SSSR count). The number of hydrogen-bond donors (Lipinski definition) is 1. The van der Waals surface area contributed by atoms with Gasteiger partial charge in [0.1, 0.15) is 12.3 Å². The maximum atomic E-state index is 13.3. The summed E-state index contributed by atoms with van der Waals surface area (Å²) in [4.78, 5) is 39.3. The van der Waals surface area contributed by atoms with Gasteiger partial charge in [-0.05, 0) is 62.6 Å². The Morgan fingerprint density at radius 1 is 1.00 bits per heavy atom. The molecule has 0 radical (unpaired) electrons. The first-order chi connectivity index (χ1) is 17.8. The van der Waals surface area contributed by atoms with E-state index in [0.717, 1.165) is 23.8 Å². The fraction of sp³-hybridized carbons (Fsp3) is 0.444. The van der Waals surface area contributed by atoms with Crippen LogP contribution in [0.2, 0.25) is 0 Å². The molecule has 1 heterocycles. The predicted molar refractivity (Wildman–Crippen MR) is 144 cm³/mol. The number of ether oxygens (including phenoxy) is 1. The molecule has 1 aromatic heterocycles. The smallest absolute Gasteiger partial charge is 0.331 e. The zero-order valence-corrected chi connectivity index (χ0v) is 21.8. The first-order valence-electron chi connectivity index (χ1n) is 12.8. The number of sulfone groups is 1. The third-order valence-corrected chi connectivity index (χ3v) is 9.10. The highest BCUT2D eigenvalue weighted by Gasteiger charge is 2.27. The maximum absolute atomic E-state index is 13.3. The van der Waals surface area contributed by atoms with E-state index >= 15 is 0 Å². The van der Waals surface area contributed by atoms with Gasteiger partial charge in [-0.25, -0.2) is 13.2 Å². The fourth-order valence-corrected chi connectivity index (χ4v) is 6.80. The average Bonchev–Trinajstić information content (AvgIpc) is 2.90. The number of nitrogens with zero attached hydrogens (tertiary/aromatic N) is 2. The summed E-state index contributed by atoms with van der Waals surface area (Å²) >= 11 is 0. The highest BCUT2D eigenvalue weighted by atomic mass is 32.2. The summed E-state index contributed by atoms with van der Waals surface area (Å²) in [6.07, 6.45) is 4.40. The topological polar surface area (TPSA) is 116 Å². The Bertz CT molecular complexity index is 1470. The molecule has 1 aliphatic rings. The average molecular weight is 528 g/mol. The summed E-state index contributed by atoms with van der Waals surface area (Å²) < 4.78 is 33.3. The van der Waals surface area contributed by atoms with Gasteiger partial charge in [0, 0.05) is 12.2 Å². The lowest BCUT2D eigenvalue weighted by Gasteiger charge is -2.21. The van der Waals surface area contributed by atoms with E-state index in [1.54, 1.807) is 48.5 Å². The number of benzene rings is 2. The van der Waals surface area contributed by atoms with E-state index in [1.807, 2.05) is 6.92 Å². The number of anilines is 1. The molecule has 0 saturated heterocycles. The van der Waals surface area contributed by atoms with Gasteiger partial charge in [0.15, 0.2) is 9.84 Å². The zero-order chi connectivity index (χ0) is 26.4. The SMILES string of the molecule is CCOc1ccc(NC(=O)Cn2c(=O)n(CCCS(=O)(=O)C3CCCCC3)c(=O)c3ccccc32)cc1. The number of hydrogen-bond acceptors (Lipinski definition) is 6. The molecule has 3 aromatic rings. The van der Waals surface area contributed by atoms with Gasteiger partial charge in [-0.3, -0.25) is 18.7 Å². The molecule has 2 aromatic carbocycles. The molecule has 1 N–H and O–H groups in total. The number of amides is 1. The van der Waals surface area contributed by atoms with Crippen molar-refractivity contribution < 1.29 is 17.9 Å². The van der Waals surface area contributed by atoms with Gasteiger partial charge in [-0.1, -0.05) is 31.4 Å². The third-order valence-electron chi connectivity index (χ3n) is 6.75. The molecule has 37 heavy (non-hydrogen) atoms. The van der Waals surface area contributed by atoms with Crippen LogP contribution in [0.1, 0.15) is 45.4 Å². The molecule has 1 aliphatic carbocycles. The predicted octanol–water partition coefficient (Wildman–Crippen LogP) is 3.34. The van der Waals surface area contributed by atoms with Crippen LogP contribution in [0.15, 0.2) is 58.1 Å². The Morgan fingerprint density at radius 3 is 2.41 bits per heavy atom. The lowest BCUT2D eigenvalue weighted by molar-refractivity contribution is -0.116. The van der Waals surface area contributed by atoms with Crippen molar-refractivity contribution in [1.82, 2.24) is 9.13 Å². The number of rotatable bonds is 10. The van der Waals surface area contributed by atoms with Gasteiger partial charge in [0.2, 0.25) is 5.91 Å². The molecule has 9 nitrogen and oxygen atoms in total. The molecule has 0 bridgehead atoms. The molecule has 10 heteroatoms. The Kier molecular flexibility index (Phi) is 8.48. The van der Waals surface area contributed by atoms with Crippen molar-refractivity contribution in [3.8, 4) is 5.75 Å². The number of para-hydroxylation sites is 1.